The predicted molar refractivity (Wildman–Crippen MR) is 146 cm³/mol. The van der Waals surface area contributed by atoms with Crippen LogP contribution in [0.1, 0.15) is 55.6 Å². The molecule has 1 aromatic heterocycles. The van der Waals surface area contributed by atoms with E-state index >= 15 is 0 Å². The lowest BCUT2D eigenvalue weighted by Crippen LogP contribution is -2.48. The molecule has 0 saturated heterocycles. The van der Waals surface area contributed by atoms with Gasteiger partial charge in [0.1, 0.15) is 0 Å². The highest BCUT2D eigenvalue weighted by Gasteiger charge is 2.33. The molecule has 1 aliphatic heterocycles. The quantitative estimate of drug-likeness (QED) is 0.422. The number of benzene rings is 2. The Balaban J connectivity index is 1.53. The lowest BCUT2D eigenvalue weighted by atomic mass is 9.86. The average molecular weight is 502 g/mol. The first-order valence-corrected chi connectivity index (χ1v) is 13.1. The second kappa shape index (κ2) is 11.8. The number of hydrogen-bond acceptors (Lipinski definition) is 3. The van der Waals surface area contributed by atoms with Crippen LogP contribution in [-0.4, -0.2) is 59.5 Å². The summed E-state index contributed by atoms with van der Waals surface area (Å²) in [5, 5.41) is 0. The number of carbonyl (C=O) groups excluding carboxylic acids is 2. The van der Waals surface area contributed by atoms with Gasteiger partial charge < -0.3 is 19.1 Å². The Morgan fingerprint density at radius 2 is 1.70 bits per heavy atom. The van der Waals surface area contributed by atoms with E-state index in [0.717, 1.165) is 23.4 Å². The summed E-state index contributed by atoms with van der Waals surface area (Å²) in [6.07, 6.45) is 3.09. The van der Waals surface area contributed by atoms with Gasteiger partial charge in [0.15, 0.2) is 0 Å². The zero-order valence-electron chi connectivity index (χ0n) is 22.5. The summed E-state index contributed by atoms with van der Waals surface area (Å²) in [6.45, 7) is 8.78. The van der Waals surface area contributed by atoms with Crippen LogP contribution in [0.15, 0.2) is 72.9 Å². The molecule has 0 saturated carbocycles. The number of carbonyl (C=O) groups is 2. The van der Waals surface area contributed by atoms with Gasteiger partial charge in [-0.3, -0.25) is 9.59 Å². The first-order chi connectivity index (χ1) is 17.8. The highest BCUT2D eigenvalue weighted by Crippen LogP contribution is 2.34. The first-order valence-electron chi connectivity index (χ1n) is 13.1. The van der Waals surface area contributed by atoms with E-state index in [0.29, 0.717) is 32.5 Å². The number of rotatable bonds is 9. The second-order valence-electron chi connectivity index (χ2n) is 10.8. The van der Waals surface area contributed by atoms with E-state index < -0.39 is 0 Å². The first kappa shape index (κ1) is 26.7. The molecule has 0 unspecified atom stereocenters. The Bertz CT molecular complexity index is 1180. The number of hydrogen-bond donors (Lipinski definition) is 0. The molecule has 2 amide bonds. The van der Waals surface area contributed by atoms with Gasteiger partial charge >= 0.3 is 0 Å². The number of nitrogens with zero attached hydrogens (tertiary/aromatic N) is 3. The maximum atomic E-state index is 13.8. The summed E-state index contributed by atoms with van der Waals surface area (Å²) in [5.74, 6) is -0.0674. The molecule has 0 aliphatic carbocycles. The van der Waals surface area contributed by atoms with Gasteiger partial charge in [-0.15, -0.1) is 0 Å². The van der Waals surface area contributed by atoms with Gasteiger partial charge in [-0.25, -0.2) is 0 Å². The van der Waals surface area contributed by atoms with Crippen LogP contribution < -0.4 is 0 Å². The molecule has 3 aromatic rings. The third-order valence-electron chi connectivity index (χ3n) is 7.17. The van der Waals surface area contributed by atoms with Crippen molar-refractivity contribution in [1.29, 1.82) is 0 Å². The van der Waals surface area contributed by atoms with E-state index in [-0.39, 0.29) is 29.8 Å². The maximum Gasteiger partial charge on any atom is 0.243 e. The van der Waals surface area contributed by atoms with Gasteiger partial charge in [-0.2, -0.15) is 0 Å². The van der Waals surface area contributed by atoms with Crippen molar-refractivity contribution in [1.82, 2.24) is 14.4 Å². The van der Waals surface area contributed by atoms with E-state index in [4.69, 9.17) is 4.74 Å². The molecule has 0 fully saturated rings. The van der Waals surface area contributed by atoms with Crippen molar-refractivity contribution in [2.24, 2.45) is 0 Å². The van der Waals surface area contributed by atoms with E-state index in [1.165, 1.54) is 5.56 Å². The topological polar surface area (TPSA) is 54.8 Å². The van der Waals surface area contributed by atoms with Crippen LogP contribution >= 0.6 is 0 Å². The number of amides is 2. The lowest BCUT2D eigenvalue weighted by molar-refractivity contribution is -0.142. The summed E-state index contributed by atoms with van der Waals surface area (Å²) in [7, 11) is 1.62. The Labute approximate surface area is 220 Å². The van der Waals surface area contributed by atoms with E-state index in [1.807, 2.05) is 41.3 Å². The number of fused-ring (bicyclic) bond motifs is 1. The number of methoxy groups -OCH3 is 1. The van der Waals surface area contributed by atoms with Crippen molar-refractivity contribution in [3.8, 4) is 0 Å². The standard InChI is InChI=1S/C31H39N3O3/c1-31(2,3)26-15-13-25(14-16-26)30-27-11-8-18-32(27)19-20-34(30)29(36)23-33(21-22-37-4)28(35)17-12-24-9-6-5-7-10-24/h5-11,13-16,18,30H,12,17,19-23H2,1-4H3/t30-/m0/s1. The van der Waals surface area contributed by atoms with Gasteiger partial charge in [-0.05, 0) is 40.7 Å². The van der Waals surface area contributed by atoms with Crippen molar-refractivity contribution in [3.63, 3.8) is 0 Å². The molecule has 1 atom stereocenters. The Morgan fingerprint density at radius 1 is 0.973 bits per heavy atom. The molecule has 6 heteroatoms. The zero-order chi connectivity index (χ0) is 26.4. The second-order valence-corrected chi connectivity index (χ2v) is 10.8. The van der Waals surface area contributed by atoms with Crippen LogP contribution in [0.5, 0.6) is 0 Å². The lowest BCUT2D eigenvalue weighted by Gasteiger charge is -2.38. The molecular weight excluding hydrogens is 462 g/mol. The fourth-order valence-corrected chi connectivity index (χ4v) is 4.97. The normalized spacial score (nSPS) is 15.4. The molecule has 1 aliphatic rings. The molecule has 0 spiro atoms. The minimum Gasteiger partial charge on any atom is -0.383 e. The van der Waals surface area contributed by atoms with Crippen LogP contribution in [-0.2, 0) is 32.7 Å². The minimum atomic E-state index is -0.186. The van der Waals surface area contributed by atoms with E-state index in [9.17, 15) is 9.59 Å². The third kappa shape index (κ3) is 6.50. The summed E-state index contributed by atoms with van der Waals surface area (Å²) in [6, 6.07) is 22.5. The summed E-state index contributed by atoms with van der Waals surface area (Å²) in [4.78, 5) is 30.5. The van der Waals surface area contributed by atoms with Gasteiger partial charge in [0, 0.05) is 45.1 Å². The molecule has 2 heterocycles. The van der Waals surface area contributed by atoms with Gasteiger partial charge in [0.25, 0.3) is 0 Å². The van der Waals surface area contributed by atoms with Crippen LogP contribution in [0.3, 0.4) is 0 Å². The molecule has 37 heavy (non-hydrogen) atoms. The van der Waals surface area contributed by atoms with Crippen molar-refractivity contribution in [3.05, 3.63) is 95.3 Å². The molecule has 0 N–H and O–H groups in total. The summed E-state index contributed by atoms with van der Waals surface area (Å²) >= 11 is 0. The monoisotopic (exact) mass is 501 g/mol. The smallest absolute Gasteiger partial charge is 0.243 e. The van der Waals surface area contributed by atoms with Crippen molar-refractivity contribution in [2.75, 3.05) is 33.4 Å². The molecule has 2 aromatic carbocycles. The molecule has 0 radical (unpaired) electrons. The Hall–Kier alpha value is -3.38. The SMILES string of the molecule is COCCN(CC(=O)N1CCn2cccc2[C@@H]1c1ccc(C(C)(C)C)cc1)C(=O)CCc1ccccc1. The van der Waals surface area contributed by atoms with E-state index in [2.05, 4.69) is 61.9 Å². The number of aromatic nitrogens is 1. The fourth-order valence-electron chi connectivity index (χ4n) is 4.97. The summed E-state index contributed by atoms with van der Waals surface area (Å²) < 4.78 is 7.48. The van der Waals surface area contributed by atoms with Gasteiger partial charge in [0.05, 0.1) is 19.2 Å². The molecule has 196 valence electrons. The van der Waals surface area contributed by atoms with E-state index in [1.54, 1.807) is 12.0 Å². The Morgan fingerprint density at radius 3 is 2.38 bits per heavy atom. The predicted octanol–water partition coefficient (Wildman–Crippen LogP) is 4.83. The van der Waals surface area contributed by atoms with Crippen LogP contribution in [0.2, 0.25) is 0 Å². The Kier molecular flexibility index (Phi) is 8.49. The van der Waals surface area contributed by atoms with Crippen molar-refractivity contribution >= 4 is 11.8 Å². The largest absolute Gasteiger partial charge is 0.383 e. The number of aryl methyl sites for hydroxylation is 1. The van der Waals surface area contributed by atoms with Gasteiger partial charge in [0.2, 0.25) is 11.8 Å². The highest BCUT2D eigenvalue weighted by molar-refractivity contribution is 5.85. The maximum absolute atomic E-state index is 13.8. The van der Waals surface area contributed by atoms with Gasteiger partial charge in [-0.1, -0.05) is 75.4 Å². The minimum absolute atomic E-state index is 0.0271. The van der Waals surface area contributed by atoms with Crippen LogP contribution in [0.4, 0.5) is 0 Å². The molecular formula is C31H39N3O3. The molecule has 6 nitrogen and oxygen atoms in total. The highest BCUT2D eigenvalue weighted by atomic mass is 16.5. The third-order valence-corrected chi connectivity index (χ3v) is 7.17. The number of ether oxygens (including phenoxy) is 1. The van der Waals surface area contributed by atoms with Crippen LogP contribution in [0, 0.1) is 0 Å². The zero-order valence-corrected chi connectivity index (χ0v) is 22.5. The van der Waals surface area contributed by atoms with Crippen LogP contribution in [0.25, 0.3) is 0 Å². The van der Waals surface area contributed by atoms with Crippen molar-refractivity contribution < 1.29 is 14.3 Å². The van der Waals surface area contributed by atoms with Crippen molar-refractivity contribution in [2.45, 2.75) is 51.6 Å². The summed E-state index contributed by atoms with van der Waals surface area (Å²) in [5.41, 5.74) is 4.62. The fraction of sp³-hybridized carbons (Fsp3) is 0.419. The molecule has 0 bridgehead atoms. The molecule has 4 rings (SSSR count). The average Bonchev–Trinajstić information content (AvgIpc) is 3.38.